The molecule has 0 aliphatic rings. The Hall–Kier alpha value is -18.3. The van der Waals surface area contributed by atoms with E-state index in [1.54, 1.807) is 0 Å². The summed E-state index contributed by atoms with van der Waals surface area (Å²) in [6.45, 7) is 0. The predicted octanol–water partition coefficient (Wildman–Crippen LogP) is 36.2. The van der Waals surface area contributed by atoms with E-state index in [-0.39, 0.29) is 0 Å². The van der Waals surface area contributed by atoms with Gasteiger partial charge in [-0.05, 0) is 174 Å². The van der Waals surface area contributed by atoms with Crippen molar-refractivity contribution in [2.45, 2.75) is 0 Å². The lowest BCUT2D eigenvalue weighted by Gasteiger charge is -2.13. The third-order valence-electron chi connectivity index (χ3n) is 27.8. The van der Waals surface area contributed by atoms with E-state index in [1.807, 2.05) is 46.1 Å². The number of thiophene rings is 3. The van der Waals surface area contributed by atoms with Crippen molar-refractivity contribution < 1.29 is 0 Å². The molecule has 0 bridgehead atoms. The second kappa shape index (κ2) is 36.2. The summed E-state index contributed by atoms with van der Waals surface area (Å²) in [5.41, 5.74) is 27.4. The lowest BCUT2D eigenvalue weighted by atomic mass is 9.98. The van der Waals surface area contributed by atoms with Gasteiger partial charge in [-0.1, -0.05) is 406 Å². The van der Waals surface area contributed by atoms with Crippen LogP contribution in [0.3, 0.4) is 0 Å². The van der Waals surface area contributed by atoms with Crippen LogP contribution < -0.4 is 0 Å². The van der Waals surface area contributed by atoms with Crippen molar-refractivity contribution in [1.82, 2.24) is 43.6 Å². The molecule has 144 heavy (non-hydrogen) atoms. The van der Waals surface area contributed by atoms with Crippen LogP contribution in [-0.2, 0) is 0 Å². The first-order valence-electron chi connectivity index (χ1n) is 48.4. The minimum atomic E-state index is 0.662. The average molecular weight is 1890 g/mol. The Bertz CT molecular complexity index is 10000. The zero-order valence-corrected chi connectivity index (χ0v) is 80.1. The quantitative estimate of drug-likeness (QED) is 0.108. The van der Waals surface area contributed by atoms with Gasteiger partial charge in [0.05, 0.1) is 66.7 Å². The summed E-state index contributed by atoms with van der Waals surface area (Å²) in [6.07, 6.45) is 0. The molecule has 0 saturated carbocycles. The standard InChI is InChI=1S/2C46H29N3S.C40H25N3S/c1-3-13-30(14-4-1)31-23-25-33(26-24-31)45-36-19-9-11-21-39(36)47-46(48-45)49-40-22-12-10-20-37(40)44-35-18-8-7-17-34(35)38(29-41(44)49)43-28-27-42(50-43)32-15-5-2-6-16-32;1-3-11-30(12-4-1)31-19-21-34(22-20-31)45-37-17-9-10-18-39(37)47-46(48-45)49-40-25-24-35(43-28-27-42(50-43)33-14-5-2-6-15-33)29-38(40)44-36-16-8-7-13-32(36)23-26-41(44)49;1-3-13-26(14-4-1)36-23-24-37(44-36)32-25-35-38(29-18-8-7-17-28(29)32)31-20-10-12-22-34(31)43(35)40-41-33-21-11-9-19-30(33)39(42-40)27-15-5-2-6-16-27/h2*1-29H;1-25H. The zero-order valence-electron chi connectivity index (χ0n) is 77.7. The lowest BCUT2D eigenvalue weighted by molar-refractivity contribution is 1.01. The number of aromatic nitrogens is 9. The third kappa shape index (κ3) is 15.1. The Kier molecular flexibility index (Phi) is 21.3. The maximum Gasteiger partial charge on any atom is 0.235 e. The molecule has 674 valence electrons. The molecule has 0 amide bonds. The van der Waals surface area contributed by atoms with Gasteiger partial charge in [0, 0.05) is 106 Å². The molecule has 0 N–H and O–H groups in total. The van der Waals surface area contributed by atoms with Crippen molar-refractivity contribution in [1.29, 1.82) is 0 Å². The highest BCUT2D eigenvalue weighted by molar-refractivity contribution is 7.19. The average Bonchev–Trinajstić information content (AvgIpc) is 1.57. The smallest absolute Gasteiger partial charge is 0.235 e. The number of rotatable bonds is 14. The molecule has 0 radical (unpaired) electrons. The van der Waals surface area contributed by atoms with Gasteiger partial charge in [-0.3, -0.25) is 13.7 Å². The van der Waals surface area contributed by atoms with Crippen LogP contribution in [0.1, 0.15) is 0 Å². The van der Waals surface area contributed by atoms with E-state index in [2.05, 4.69) is 505 Å². The van der Waals surface area contributed by atoms with E-state index in [0.29, 0.717) is 17.8 Å². The molecule has 0 aliphatic carbocycles. The highest BCUT2D eigenvalue weighted by Gasteiger charge is 2.27. The van der Waals surface area contributed by atoms with Crippen LogP contribution in [0.2, 0.25) is 0 Å². The van der Waals surface area contributed by atoms with Crippen LogP contribution in [0.5, 0.6) is 0 Å². The van der Waals surface area contributed by atoms with Gasteiger partial charge >= 0.3 is 0 Å². The molecule has 0 aliphatic heterocycles. The molecule has 0 saturated heterocycles. The first kappa shape index (κ1) is 84.9. The van der Waals surface area contributed by atoms with E-state index >= 15 is 0 Å². The van der Waals surface area contributed by atoms with E-state index < -0.39 is 0 Å². The summed E-state index contributed by atoms with van der Waals surface area (Å²) in [5, 5.41) is 17.7. The molecule has 0 unspecified atom stereocenters. The third-order valence-corrected chi connectivity index (χ3v) is 31.3. The van der Waals surface area contributed by atoms with Gasteiger partial charge in [0.15, 0.2) is 0 Å². The summed E-state index contributed by atoms with van der Waals surface area (Å²) >= 11 is 5.49. The van der Waals surface area contributed by atoms with Crippen molar-refractivity contribution in [2.24, 2.45) is 0 Å². The molecule has 12 heteroatoms. The number of hydrogen-bond donors (Lipinski definition) is 0. The van der Waals surface area contributed by atoms with Crippen molar-refractivity contribution in [3.8, 4) is 137 Å². The van der Waals surface area contributed by atoms with E-state index in [9.17, 15) is 0 Å². The fourth-order valence-corrected chi connectivity index (χ4v) is 24.1. The maximum absolute atomic E-state index is 5.40. The monoisotopic (exact) mass is 1890 g/mol. The summed E-state index contributed by atoms with van der Waals surface area (Å²) in [5.74, 6) is 2.00. The largest absolute Gasteiger partial charge is 0.278 e. The zero-order chi connectivity index (χ0) is 95.1. The minimum absolute atomic E-state index is 0.662. The minimum Gasteiger partial charge on any atom is -0.278 e. The molecular weight excluding hydrogens is 1810 g/mol. The number of fused-ring (bicyclic) bond motifs is 18. The predicted molar refractivity (Wildman–Crippen MR) is 608 cm³/mol. The van der Waals surface area contributed by atoms with Crippen molar-refractivity contribution in [2.75, 3.05) is 0 Å². The van der Waals surface area contributed by atoms with Gasteiger partial charge in [0.1, 0.15) is 0 Å². The van der Waals surface area contributed by atoms with Crippen LogP contribution in [0.25, 0.3) is 267 Å². The van der Waals surface area contributed by atoms with Gasteiger partial charge in [-0.25, -0.2) is 29.9 Å². The van der Waals surface area contributed by atoms with Gasteiger partial charge in [-0.15, -0.1) is 34.0 Å². The topological polar surface area (TPSA) is 92.1 Å². The fourth-order valence-electron chi connectivity index (χ4n) is 21.0. The number of nitrogens with zero attached hydrogens (tertiary/aromatic N) is 9. The van der Waals surface area contributed by atoms with Crippen LogP contribution >= 0.6 is 34.0 Å². The Labute approximate surface area is 841 Å². The Morgan fingerprint density at radius 1 is 0.146 bits per heavy atom. The second-order valence-electron chi connectivity index (χ2n) is 36.2. The second-order valence-corrected chi connectivity index (χ2v) is 39.4. The maximum atomic E-state index is 5.40. The molecule has 29 aromatic rings. The summed E-state index contributed by atoms with van der Waals surface area (Å²) in [6, 6.07) is 179. The Morgan fingerprint density at radius 3 is 0.819 bits per heavy atom. The molecule has 20 aromatic carbocycles. The molecule has 29 rings (SSSR count). The molecule has 9 heterocycles. The first-order valence-corrected chi connectivity index (χ1v) is 50.9. The van der Waals surface area contributed by atoms with Crippen molar-refractivity contribution in [3.63, 3.8) is 0 Å². The summed E-state index contributed by atoms with van der Waals surface area (Å²) in [4.78, 5) is 39.2. The summed E-state index contributed by atoms with van der Waals surface area (Å²) in [7, 11) is 0. The summed E-state index contributed by atoms with van der Waals surface area (Å²) < 4.78 is 6.77. The first-order chi connectivity index (χ1) is 71.4. The number of benzene rings is 20. The van der Waals surface area contributed by atoms with Crippen LogP contribution in [-0.4, -0.2) is 43.6 Å². The van der Waals surface area contributed by atoms with E-state index in [1.165, 1.54) is 150 Å². The van der Waals surface area contributed by atoms with Crippen molar-refractivity contribution in [3.05, 3.63) is 504 Å². The van der Waals surface area contributed by atoms with Gasteiger partial charge < -0.3 is 0 Å². The van der Waals surface area contributed by atoms with Crippen molar-refractivity contribution >= 4 is 164 Å². The molecule has 0 spiro atoms. The number of hydrogen-bond acceptors (Lipinski definition) is 9. The molecule has 0 fully saturated rings. The molecule has 0 atom stereocenters. The lowest BCUT2D eigenvalue weighted by Crippen LogP contribution is -2.03. The van der Waals surface area contributed by atoms with E-state index in [4.69, 9.17) is 29.9 Å². The van der Waals surface area contributed by atoms with Gasteiger partial charge in [-0.2, -0.15) is 0 Å². The van der Waals surface area contributed by atoms with Gasteiger partial charge in [0.2, 0.25) is 17.8 Å². The Morgan fingerprint density at radius 2 is 0.410 bits per heavy atom. The number of para-hydroxylation sites is 5. The Balaban J connectivity index is 0.000000108. The highest BCUT2D eigenvalue weighted by Crippen LogP contribution is 2.50. The normalized spacial score (nSPS) is 11.6. The van der Waals surface area contributed by atoms with Crippen LogP contribution in [0, 0.1) is 0 Å². The van der Waals surface area contributed by atoms with Crippen LogP contribution in [0.15, 0.2) is 504 Å². The SMILES string of the molecule is c1ccc(-c2ccc(-c3cc4c(c5ccccc35)c3ccccc3n4-c3nc(-c4ccccc4)c4ccccc4n3)s2)cc1.c1ccc(-c2ccc(-c3nc(-n4c5ccc(-c6ccc(-c7ccccc7)s6)cc5c5c6ccccc6ccc54)nc4ccccc34)cc2)cc1.c1ccc(-c2ccc(-c3nc(-n4c5ccccc5c5c6ccccc6c(-c6ccc(-c7ccccc7)s6)cc54)nc4ccccc34)cc2)cc1. The van der Waals surface area contributed by atoms with Crippen LogP contribution in [0.4, 0.5) is 0 Å². The fraction of sp³-hybridized carbons (Fsp3) is 0. The van der Waals surface area contributed by atoms with Gasteiger partial charge in [0.25, 0.3) is 0 Å². The molecule has 9 nitrogen and oxygen atoms in total. The molecule has 9 aromatic heterocycles. The van der Waals surface area contributed by atoms with E-state index in [0.717, 1.165) is 99.6 Å². The highest BCUT2D eigenvalue weighted by atomic mass is 32.1. The molecular formula is C132H83N9S3.